The Hall–Kier alpha value is -2.42. The summed E-state index contributed by atoms with van der Waals surface area (Å²) >= 11 is 0. The Morgan fingerprint density at radius 1 is 1.12 bits per heavy atom. The summed E-state index contributed by atoms with van der Waals surface area (Å²) in [4.78, 5) is 15.4. The van der Waals surface area contributed by atoms with E-state index in [9.17, 15) is 28.2 Å². The summed E-state index contributed by atoms with van der Waals surface area (Å²) in [5.74, 6) is -0.00128. The van der Waals surface area contributed by atoms with Crippen LogP contribution in [-0.2, 0) is 23.0 Å². The number of carbonyl (C=O) groups excluding carboxylic acids is 1. The number of hydrogen-bond donors (Lipinski definition) is 2. The number of halogens is 3. The van der Waals surface area contributed by atoms with Gasteiger partial charge in [-0.25, -0.2) is 0 Å². The van der Waals surface area contributed by atoms with Crippen LogP contribution in [0, 0.1) is 0 Å². The highest BCUT2D eigenvalue weighted by Crippen LogP contribution is 2.37. The Bertz CT molecular complexity index is 1000. The minimum absolute atomic E-state index is 0.00128. The molecule has 0 radical (unpaired) electrons. The zero-order chi connectivity index (χ0) is 23.1. The molecule has 2 aliphatic heterocycles. The fourth-order valence-electron chi connectivity index (χ4n) is 4.69. The number of amides is 1. The van der Waals surface area contributed by atoms with Gasteiger partial charge in [-0.1, -0.05) is 24.3 Å². The number of fused-ring (bicyclic) bond motifs is 1. The smallest absolute Gasteiger partial charge is 0.387 e. The van der Waals surface area contributed by atoms with Crippen LogP contribution < -0.4 is 4.90 Å². The minimum Gasteiger partial charge on any atom is -0.387 e. The molecule has 1 saturated heterocycles. The highest BCUT2D eigenvalue weighted by molar-refractivity contribution is 5.93. The predicted molar refractivity (Wildman–Crippen MR) is 114 cm³/mol. The number of likely N-dealkylation sites (tertiary alicyclic amines) is 1. The average molecular weight is 448 g/mol. The molecular formula is C24H27F3N2O3. The number of alkyl halides is 3. The molecule has 2 N–H and O–H groups in total. The molecule has 1 amide bonds. The number of anilines is 1. The highest BCUT2D eigenvalue weighted by atomic mass is 19.4. The van der Waals surface area contributed by atoms with Crippen molar-refractivity contribution in [1.82, 2.24) is 4.90 Å². The fourth-order valence-corrected chi connectivity index (χ4v) is 4.69. The van der Waals surface area contributed by atoms with Crippen molar-refractivity contribution in [3.63, 3.8) is 0 Å². The zero-order valence-corrected chi connectivity index (χ0v) is 17.9. The number of nitrogens with zero attached hydrogens (tertiary/aromatic N) is 2. The summed E-state index contributed by atoms with van der Waals surface area (Å²) in [7, 11) is 0. The topological polar surface area (TPSA) is 64.0 Å². The normalized spacial score (nSPS) is 19.6. The van der Waals surface area contributed by atoms with E-state index in [1.807, 2.05) is 23.1 Å². The van der Waals surface area contributed by atoms with Crippen molar-refractivity contribution < 1.29 is 28.2 Å². The third-order valence-electron chi connectivity index (χ3n) is 6.61. The third kappa shape index (κ3) is 4.53. The van der Waals surface area contributed by atoms with E-state index in [1.54, 1.807) is 4.90 Å². The zero-order valence-electron chi connectivity index (χ0n) is 17.9. The lowest BCUT2D eigenvalue weighted by Crippen LogP contribution is -2.44. The molecule has 2 aliphatic rings. The Balaban J connectivity index is 1.39. The maximum absolute atomic E-state index is 13.0. The number of hydrogen-bond acceptors (Lipinski definition) is 4. The van der Waals surface area contributed by atoms with Gasteiger partial charge in [-0.15, -0.1) is 0 Å². The Morgan fingerprint density at radius 3 is 2.50 bits per heavy atom. The first-order valence-corrected chi connectivity index (χ1v) is 10.8. The molecule has 1 fully saturated rings. The number of aliphatic hydroxyl groups is 2. The molecule has 0 bridgehead atoms. The number of β-amino-alcohol motifs (C(OH)–C–C–N with tert-alkyl or cyclic N) is 1. The van der Waals surface area contributed by atoms with Crippen LogP contribution in [0.4, 0.5) is 18.9 Å². The first-order chi connectivity index (χ1) is 15.1. The summed E-state index contributed by atoms with van der Waals surface area (Å²) < 4.78 is 39.1. The molecule has 2 aromatic rings. The van der Waals surface area contributed by atoms with Crippen molar-refractivity contribution in [1.29, 1.82) is 0 Å². The van der Waals surface area contributed by atoms with Crippen molar-refractivity contribution in [3.05, 3.63) is 64.7 Å². The van der Waals surface area contributed by atoms with E-state index in [4.69, 9.17) is 0 Å². The minimum atomic E-state index is -4.45. The lowest BCUT2D eigenvalue weighted by atomic mass is 9.83. The quantitative estimate of drug-likeness (QED) is 0.750. The lowest BCUT2D eigenvalue weighted by molar-refractivity contribution is -0.137. The Morgan fingerprint density at radius 2 is 1.84 bits per heavy atom. The molecule has 32 heavy (non-hydrogen) atoms. The molecule has 4 rings (SSSR count). The van der Waals surface area contributed by atoms with E-state index in [2.05, 4.69) is 0 Å². The predicted octanol–water partition coefficient (Wildman–Crippen LogP) is 3.63. The lowest BCUT2D eigenvalue weighted by Gasteiger charge is -2.39. The Kier molecular flexibility index (Phi) is 6.04. The first kappa shape index (κ1) is 22.8. The van der Waals surface area contributed by atoms with E-state index in [0.717, 1.165) is 35.4 Å². The maximum Gasteiger partial charge on any atom is 0.416 e. The molecule has 1 unspecified atom stereocenters. The maximum atomic E-state index is 13.0. The van der Waals surface area contributed by atoms with Crippen molar-refractivity contribution in [2.75, 3.05) is 31.1 Å². The molecule has 0 saturated carbocycles. The fraction of sp³-hybridized carbons (Fsp3) is 0.458. The molecule has 2 heterocycles. The number of piperidine rings is 1. The van der Waals surface area contributed by atoms with Crippen LogP contribution in [0.3, 0.4) is 0 Å². The standard InChI is InChI=1S/C24H27F3N2O3/c1-16(30)29-10-7-17-13-18(5-6-21(17)29)22(31)15-28-11-8-23(32,9-12-28)19-3-2-4-20(14-19)24(25,26)27/h2-6,13-14,22,31-32H,7-12,15H2,1H3. The van der Waals surface area contributed by atoms with Crippen LogP contribution in [0.25, 0.3) is 0 Å². The van der Waals surface area contributed by atoms with Crippen molar-refractivity contribution in [3.8, 4) is 0 Å². The van der Waals surface area contributed by atoms with Crippen molar-refractivity contribution in [2.45, 2.75) is 44.1 Å². The van der Waals surface area contributed by atoms with Crippen molar-refractivity contribution >= 4 is 11.6 Å². The highest BCUT2D eigenvalue weighted by Gasteiger charge is 2.37. The van der Waals surface area contributed by atoms with Gasteiger partial charge < -0.3 is 20.0 Å². The molecule has 8 heteroatoms. The summed E-state index contributed by atoms with van der Waals surface area (Å²) in [5.41, 5.74) is 0.897. The largest absolute Gasteiger partial charge is 0.416 e. The van der Waals surface area contributed by atoms with Gasteiger partial charge in [0, 0.05) is 38.8 Å². The second kappa shape index (κ2) is 8.50. The van der Waals surface area contributed by atoms with Gasteiger partial charge >= 0.3 is 6.18 Å². The van der Waals surface area contributed by atoms with Gasteiger partial charge in [0.2, 0.25) is 5.91 Å². The van der Waals surface area contributed by atoms with Gasteiger partial charge in [0.05, 0.1) is 17.3 Å². The molecular weight excluding hydrogens is 421 g/mol. The summed E-state index contributed by atoms with van der Waals surface area (Å²) in [5, 5.41) is 21.7. The molecule has 0 aliphatic carbocycles. The first-order valence-electron chi connectivity index (χ1n) is 10.8. The summed E-state index contributed by atoms with van der Waals surface area (Å²) in [6, 6.07) is 10.5. The second-order valence-electron chi connectivity index (χ2n) is 8.74. The average Bonchev–Trinajstić information content (AvgIpc) is 3.18. The monoisotopic (exact) mass is 448 g/mol. The number of benzene rings is 2. The molecule has 0 spiro atoms. The van der Waals surface area contributed by atoms with Gasteiger partial charge in [0.1, 0.15) is 0 Å². The van der Waals surface area contributed by atoms with Gasteiger partial charge in [-0.05, 0) is 54.2 Å². The SMILES string of the molecule is CC(=O)N1CCc2cc(C(O)CN3CCC(O)(c4cccc(C(F)(F)F)c4)CC3)ccc21. The summed E-state index contributed by atoms with van der Waals surface area (Å²) in [6.07, 6.45) is -3.85. The van der Waals surface area contributed by atoms with E-state index < -0.39 is 23.4 Å². The van der Waals surface area contributed by atoms with Crippen molar-refractivity contribution in [2.24, 2.45) is 0 Å². The van der Waals surface area contributed by atoms with Crippen LogP contribution in [0.15, 0.2) is 42.5 Å². The van der Waals surface area contributed by atoms with E-state index >= 15 is 0 Å². The summed E-state index contributed by atoms with van der Waals surface area (Å²) in [6.45, 7) is 3.48. The molecule has 5 nitrogen and oxygen atoms in total. The van der Waals surface area contributed by atoms with Gasteiger partial charge in [0.25, 0.3) is 0 Å². The number of rotatable bonds is 4. The molecule has 172 valence electrons. The molecule has 0 aromatic heterocycles. The molecule has 1 atom stereocenters. The van der Waals surface area contributed by atoms with Crippen LogP contribution in [0.5, 0.6) is 0 Å². The molecule has 2 aromatic carbocycles. The van der Waals surface area contributed by atoms with Crippen LogP contribution in [-0.4, -0.2) is 47.2 Å². The number of aliphatic hydroxyl groups excluding tert-OH is 1. The van der Waals surface area contributed by atoms with Crippen LogP contribution in [0.2, 0.25) is 0 Å². The Labute approximate surface area is 185 Å². The van der Waals surface area contributed by atoms with Gasteiger partial charge in [0.15, 0.2) is 0 Å². The van der Waals surface area contributed by atoms with Gasteiger partial charge in [-0.2, -0.15) is 13.2 Å². The third-order valence-corrected chi connectivity index (χ3v) is 6.61. The van der Waals surface area contributed by atoms with E-state index in [1.165, 1.54) is 19.1 Å². The van der Waals surface area contributed by atoms with E-state index in [-0.39, 0.29) is 11.5 Å². The van der Waals surface area contributed by atoms with Gasteiger partial charge in [-0.3, -0.25) is 4.79 Å². The number of carbonyl (C=O) groups is 1. The second-order valence-corrected chi connectivity index (χ2v) is 8.74. The van der Waals surface area contributed by atoms with E-state index in [0.29, 0.717) is 39.0 Å². The van der Waals surface area contributed by atoms with Crippen LogP contribution in [0.1, 0.15) is 48.1 Å². The van der Waals surface area contributed by atoms with Crippen LogP contribution >= 0.6 is 0 Å².